The minimum Gasteiger partial charge on any atom is -0.497 e. The van der Waals surface area contributed by atoms with E-state index in [4.69, 9.17) is 14.8 Å². The molecule has 0 N–H and O–H groups in total. The molecular weight excluding hydrogens is 374 g/mol. The first kappa shape index (κ1) is 19.8. The lowest BCUT2D eigenvalue weighted by atomic mass is 10.1. The van der Waals surface area contributed by atoms with Crippen molar-refractivity contribution in [2.45, 2.75) is 13.1 Å². The molecule has 0 fully saturated rings. The monoisotopic (exact) mass is 399 g/mol. The first-order valence-electron chi connectivity index (χ1n) is 9.85. The average Bonchev–Trinajstić information content (AvgIpc) is 3.18. The van der Waals surface area contributed by atoms with Crippen molar-refractivity contribution in [3.63, 3.8) is 0 Å². The largest absolute Gasteiger partial charge is 0.497 e. The van der Waals surface area contributed by atoms with E-state index in [-0.39, 0.29) is 0 Å². The maximum Gasteiger partial charge on any atom is 0.181 e. The topological polar surface area (TPSA) is 56.1 Å². The first-order chi connectivity index (χ1) is 14.6. The second-order valence-corrected chi connectivity index (χ2v) is 7.40. The van der Waals surface area contributed by atoms with E-state index in [1.807, 2.05) is 47.1 Å². The van der Waals surface area contributed by atoms with Gasteiger partial charge in [0.05, 0.1) is 19.3 Å². The van der Waals surface area contributed by atoms with Gasteiger partial charge in [-0.15, -0.1) is 0 Å². The zero-order valence-corrected chi connectivity index (χ0v) is 17.5. The summed E-state index contributed by atoms with van der Waals surface area (Å²) in [5.41, 5.74) is 4.15. The fraction of sp³-hybridized carbons (Fsp3) is 0.208. The molecule has 152 valence electrons. The number of nitrogens with zero attached hydrogens (tertiary/aromatic N) is 5. The molecule has 6 nitrogen and oxygen atoms in total. The summed E-state index contributed by atoms with van der Waals surface area (Å²) in [7, 11) is 5.79. The highest BCUT2D eigenvalue weighted by molar-refractivity contribution is 5.63. The van der Waals surface area contributed by atoms with Crippen molar-refractivity contribution in [2.75, 3.05) is 21.2 Å². The molecule has 0 saturated carbocycles. The number of pyridine rings is 1. The lowest BCUT2D eigenvalue weighted by Crippen LogP contribution is -2.10. The van der Waals surface area contributed by atoms with Crippen molar-refractivity contribution >= 4 is 0 Å². The van der Waals surface area contributed by atoms with E-state index in [1.165, 1.54) is 5.56 Å². The summed E-state index contributed by atoms with van der Waals surface area (Å²) >= 11 is 0. The standard InChI is InChI=1S/C24H25N5O/c1-28(2)16-18-7-6-8-20(15-18)23-26-24(19-10-12-22(30-3)13-11-19)29(27-23)17-21-9-4-5-14-25-21/h4-15H,16-17H2,1-3H3. The van der Waals surface area contributed by atoms with Crippen LogP contribution in [0, 0.1) is 0 Å². The first-order valence-corrected chi connectivity index (χ1v) is 9.85. The highest BCUT2D eigenvalue weighted by Crippen LogP contribution is 2.25. The zero-order valence-electron chi connectivity index (χ0n) is 17.5. The minimum atomic E-state index is 0.548. The predicted molar refractivity (Wildman–Crippen MR) is 118 cm³/mol. The van der Waals surface area contributed by atoms with Crippen molar-refractivity contribution in [3.05, 3.63) is 84.2 Å². The summed E-state index contributed by atoms with van der Waals surface area (Å²) in [6, 6.07) is 22.2. The number of rotatable bonds is 7. The molecule has 4 aromatic rings. The highest BCUT2D eigenvalue weighted by Gasteiger charge is 2.15. The molecule has 0 aliphatic rings. The van der Waals surface area contributed by atoms with E-state index in [1.54, 1.807) is 13.3 Å². The molecule has 0 bridgehead atoms. The highest BCUT2D eigenvalue weighted by atomic mass is 16.5. The Morgan fingerprint density at radius 1 is 0.933 bits per heavy atom. The number of aromatic nitrogens is 4. The predicted octanol–water partition coefficient (Wildman–Crippen LogP) is 4.13. The van der Waals surface area contributed by atoms with Crippen LogP contribution in [0.4, 0.5) is 0 Å². The number of hydrogen-bond donors (Lipinski definition) is 0. The molecule has 0 aliphatic carbocycles. The smallest absolute Gasteiger partial charge is 0.181 e. The van der Waals surface area contributed by atoms with Crippen molar-refractivity contribution in [1.82, 2.24) is 24.6 Å². The van der Waals surface area contributed by atoms with Gasteiger partial charge in [0.15, 0.2) is 11.6 Å². The van der Waals surface area contributed by atoms with Crippen molar-refractivity contribution in [3.8, 4) is 28.5 Å². The van der Waals surface area contributed by atoms with Gasteiger partial charge in [-0.05, 0) is 62.1 Å². The summed E-state index contributed by atoms with van der Waals surface area (Å²) in [4.78, 5) is 11.5. The van der Waals surface area contributed by atoms with Crippen LogP contribution in [0.3, 0.4) is 0 Å². The van der Waals surface area contributed by atoms with Gasteiger partial charge in [-0.3, -0.25) is 4.98 Å². The third kappa shape index (κ3) is 4.55. The molecule has 0 amide bonds. The average molecular weight is 399 g/mol. The zero-order chi connectivity index (χ0) is 20.9. The molecule has 0 saturated heterocycles. The third-order valence-corrected chi connectivity index (χ3v) is 4.74. The Balaban J connectivity index is 1.75. The molecule has 2 aromatic heterocycles. The second-order valence-electron chi connectivity index (χ2n) is 7.40. The van der Waals surface area contributed by atoms with Crippen LogP contribution in [0.5, 0.6) is 5.75 Å². The third-order valence-electron chi connectivity index (χ3n) is 4.74. The van der Waals surface area contributed by atoms with Gasteiger partial charge in [0, 0.05) is 23.9 Å². The van der Waals surface area contributed by atoms with Gasteiger partial charge >= 0.3 is 0 Å². The maximum atomic E-state index is 5.29. The Labute approximate surface area is 176 Å². The van der Waals surface area contributed by atoms with Crippen molar-refractivity contribution < 1.29 is 4.74 Å². The fourth-order valence-corrected chi connectivity index (χ4v) is 3.35. The molecule has 0 unspecified atom stereocenters. The summed E-state index contributed by atoms with van der Waals surface area (Å²) in [6.07, 6.45) is 1.80. The molecule has 4 rings (SSSR count). The van der Waals surface area contributed by atoms with E-state index in [0.29, 0.717) is 12.4 Å². The van der Waals surface area contributed by atoms with E-state index >= 15 is 0 Å². The Bertz CT molecular complexity index is 1100. The van der Waals surface area contributed by atoms with Crippen LogP contribution in [0.1, 0.15) is 11.3 Å². The molecule has 0 spiro atoms. The van der Waals surface area contributed by atoms with Crippen LogP contribution < -0.4 is 4.74 Å². The lowest BCUT2D eigenvalue weighted by molar-refractivity contribution is 0.402. The molecule has 0 atom stereocenters. The Morgan fingerprint density at radius 3 is 2.47 bits per heavy atom. The molecule has 2 heterocycles. The number of methoxy groups -OCH3 is 1. The molecule has 0 aliphatic heterocycles. The van der Waals surface area contributed by atoms with E-state index in [2.05, 4.69) is 48.2 Å². The summed E-state index contributed by atoms with van der Waals surface area (Å²) in [5, 5.41) is 4.84. The van der Waals surface area contributed by atoms with Crippen LogP contribution >= 0.6 is 0 Å². The van der Waals surface area contributed by atoms with Gasteiger partial charge in [-0.2, -0.15) is 5.10 Å². The maximum absolute atomic E-state index is 5.29. The molecule has 30 heavy (non-hydrogen) atoms. The quantitative estimate of drug-likeness (QED) is 0.468. The number of benzene rings is 2. The van der Waals surface area contributed by atoms with Gasteiger partial charge in [0.25, 0.3) is 0 Å². The summed E-state index contributed by atoms with van der Waals surface area (Å²) in [5.74, 6) is 2.32. The summed E-state index contributed by atoms with van der Waals surface area (Å²) < 4.78 is 7.21. The van der Waals surface area contributed by atoms with E-state index in [9.17, 15) is 0 Å². The van der Waals surface area contributed by atoms with Crippen LogP contribution in [0.25, 0.3) is 22.8 Å². The Hall–Kier alpha value is -3.51. The lowest BCUT2D eigenvalue weighted by Gasteiger charge is -2.09. The van der Waals surface area contributed by atoms with Crippen LogP contribution in [-0.4, -0.2) is 45.9 Å². The van der Waals surface area contributed by atoms with Gasteiger partial charge in [0.2, 0.25) is 0 Å². The minimum absolute atomic E-state index is 0.548. The molecule has 2 aromatic carbocycles. The number of ether oxygens (including phenoxy) is 1. The van der Waals surface area contributed by atoms with Crippen molar-refractivity contribution in [2.24, 2.45) is 0 Å². The Kier molecular flexibility index (Phi) is 5.86. The van der Waals surface area contributed by atoms with Crippen LogP contribution in [0.2, 0.25) is 0 Å². The van der Waals surface area contributed by atoms with Gasteiger partial charge in [-0.25, -0.2) is 9.67 Å². The second kappa shape index (κ2) is 8.88. The normalized spacial score (nSPS) is 11.1. The Morgan fingerprint density at radius 2 is 1.77 bits per heavy atom. The molecule has 6 heteroatoms. The van der Waals surface area contributed by atoms with Gasteiger partial charge in [0.1, 0.15) is 5.75 Å². The molecule has 0 radical (unpaired) electrons. The van der Waals surface area contributed by atoms with Crippen molar-refractivity contribution in [1.29, 1.82) is 0 Å². The fourth-order valence-electron chi connectivity index (χ4n) is 3.35. The SMILES string of the molecule is COc1ccc(-c2nc(-c3cccc(CN(C)C)c3)nn2Cc2ccccn2)cc1. The van der Waals surface area contributed by atoms with E-state index < -0.39 is 0 Å². The molecular formula is C24H25N5O. The van der Waals surface area contributed by atoms with Gasteiger partial charge < -0.3 is 9.64 Å². The van der Waals surface area contributed by atoms with Crippen LogP contribution in [0.15, 0.2) is 72.9 Å². The number of hydrogen-bond acceptors (Lipinski definition) is 5. The van der Waals surface area contributed by atoms with Crippen LogP contribution in [-0.2, 0) is 13.1 Å². The van der Waals surface area contributed by atoms with Gasteiger partial charge in [-0.1, -0.05) is 24.3 Å². The summed E-state index contributed by atoms with van der Waals surface area (Å²) in [6.45, 7) is 1.42. The van der Waals surface area contributed by atoms with E-state index in [0.717, 1.165) is 34.9 Å².